The van der Waals surface area contributed by atoms with E-state index in [1.807, 2.05) is 0 Å². The van der Waals surface area contributed by atoms with E-state index in [0.29, 0.717) is 84.3 Å². The summed E-state index contributed by atoms with van der Waals surface area (Å²) in [5.74, 6) is -3.01. The summed E-state index contributed by atoms with van der Waals surface area (Å²) in [6.45, 7) is 4.00. The number of likely N-dealkylation sites (tertiary alicyclic amines) is 1. The van der Waals surface area contributed by atoms with E-state index in [2.05, 4.69) is 16.0 Å². The molecule has 0 aromatic carbocycles. The second-order valence-electron chi connectivity index (χ2n) is 16.6. The van der Waals surface area contributed by atoms with Gasteiger partial charge in [-0.25, -0.2) is 0 Å². The summed E-state index contributed by atoms with van der Waals surface area (Å²) < 4.78 is 33.8. The molecule has 0 bridgehead atoms. The second kappa shape index (κ2) is 29.7. The maximum absolute atomic E-state index is 13.2. The molecule has 66 heavy (non-hydrogen) atoms. The van der Waals surface area contributed by atoms with Crippen LogP contribution < -0.4 is 27.4 Å². The van der Waals surface area contributed by atoms with Gasteiger partial charge in [0.05, 0.1) is 31.1 Å². The molecule has 12 N–H and O–H groups in total. The molecule has 3 atom stereocenters. The van der Waals surface area contributed by atoms with E-state index in [9.17, 15) is 72.2 Å². The van der Waals surface area contributed by atoms with Crippen molar-refractivity contribution in [2.75, 3.05) is 51.8 Å². The molecule has 0 radical (unpaired) electrons. The van der Waals surface area contributed by atoms with Crippen LogP contribution in [0.4, 0.5) is 0 Å². The fourth-order valence-corrected chi connectivity index (χ4v) is 10.7. The lowest BCUT2D eigenvalue weighted by molar-refractivity contribution is -0.139. The number of primary amides is 1. The lowest BCUT2D eigenvalue weighted by atomic mass is 9.79. The van der Waals surface area contributed by atoms with E-state index in [1.165, 1.54) is 4.90 Å². The van der Waals surface area contributed by atoms with Crippen LogP contribution in [-0.2, 0) is 57.0 Å². The number of nitrogens with one attached hydrogen (secondary N) is 3. The Labute approximate surface area is 389 Å². The summed E-state index contributed by atoms with van der Waals surface area (Å²) in [6, 6.07) is -1.94. The fraction of sp³-hybridized carbons (Fsp3) is 0.800. The van der Waals surface area contributed by atoms with Gasteiger partial charge >= 0.3 is 15.2 Å². The molecule has 26 heteroatoms. The van der Waals surface area contributed by atoms with Crippen molar-refractivity contribution in [3.05, 3.63) is 0 Å². The average Bonchev–Trinajstić information content (AvgIpc) is 3.52. The first-order valence-electron chi connectivity index (χ1n) is 22.4. The maximum atomic E-state index is 13.2. The highest BCUT2D eigenvalue weighted by Crippen LogP contribution is 2.69. The number of nitrogens with two attached hydrogens (primary N) is 2. The number of nitrogens with zero attached hydrogens (tertiary/aromatic N) is 1. The molecule has 6 amide bonds. The van der Waals surface area contributed by atoms with Gasteiger partial charge in [0.1, 0.15) is 17.6 Å². The van der Waals surface area contributed by atoms with Gasteiger partial charge in [-0.05, 0) is 76.5 Å². The summed E-state index contributed by atoms with van der Waals surface area (Å²) in [4.78, 5) is 137. The van der Waals surface area contributed by atoms with Crippen LogP contribution in [0.2, 0.25) is 0 Å². The van der Waals surface area contributed by atoms with Crippen molar-refractivity contribution in [3.8, 4) is 0 Å². The van der Waals surface area contributed by atoms with Crippen molar-refractivity contribution < 1.29 is 81.6 Å². The lowest BCUT2D eigenvalue weighted by Crippen LogP contribution is -2.45. The molecule has 0 spiro atoms. The molecule has 1 saturated heterocycles. The minimum Gasteiger partial charge on any atom is -0.379 e. The molecule has 378 valence electrons. The highest BCUT2D eigenvalue weighted by Gasteiger charge is 2.58. The number of Topliss-reactive ketones (excluding diaryl/α,β-unsaturated/α-hetero) is 2. The minimum atomic E-state index is -5.57. The van der Waals surface area contributed by atoms with Crippen molar-refractivity contribution in [1.29, 1.82) is 0 Å². The monoisotopic (exact) mass is 1000 g/mol. The number of ketones is 2. The van der Waals surface area contributed by atoms with Crippen molar-refractivity contribution >= 4 is 74.0 Å². The smallest absolute Gasteiger partial charge is 0.369 e. The Balaban J connectivity index is 1.59. The Bertz CT molecular complexity index is 1720. The number of carbonyl (C=O) groups excluding carboxylic acids is 8. The molecule has 1 aliphatic carbocycles. The molecule has 2 aliphatic rings. The number of ether oxygens (including phenoxy) is 2. The minimum absolute atomic E-state index is 0.00503. The Morgan fingerprint density at radius 1 is 0.818 bits per heavy atom. The molecule has 1 unspecified atom stereocenters. The standard InChI is InChI=1S/C40H70N6O17P2S/c1-2-34(49)43-19-21-63-23-22-62-20-7-8-29(47)15-16-35(50)45-31(37(42)52)9-4-6-18-44-38(53)30(41)26-66-33-24-36(51)46(39(33)54)25-27-11-13-28(14-12-27)32(48)10-3-5-17-40(55,64(56,57)58)65(59,60)61/h27-28,30-31,33,55H,2-26,41H2,1H3,(H2,42,52)(H,43,49)(H,44,53)(H,45,50)(H2,56,57,58)(H2,59,60,61)/t27?,28?,30-,31+,33?/m1/s1. The van der Waals surface area contributed by atoms with E-state index in [1.54, 1.807) is 6.92 Å². The summed E-state index contributed by atoms with van der Waals surface area (Å²) in [5.41, 5.74) is 11.5. The molecule has 23 nitrogen and oxygen atoms in total. The Morgan fingerprint density at radius 2 is 1.47 bits per heavy atom. The predicted octanol–water partition coefficient (Wildman–Crippen LogP) is 0.0573. The van der Waals surface area contributed by atoms with Crippen LogP contribution >= 0.6 is 27.0 Å². The molecule has 1 aliphatic heterocycles. The quantitative estimate of drug-likeness (QED) is 0.0228. The van der Waals surface area contributed by atoms with Crippen molar-refractivity contribution in [2.24, 2.45) is 23.3 Å². The van der Waals surface area contributed by atoms with Gasteiger partial charge in [0.15, 0.2) is 0 Å². The zero-order valence-electron chi connectivity index (χ0n) is 37.6. The third-order valence-corrected chi connectivity index (χ3v) is 16.6. The first kappa shape index (κ1) is 59.0. The van der Waals surface area contributed by atoms with Gasteiger partial charge in [-0.3, -0.25) is 52.4 Å². The lowest BCUT2D eigenvalue weighted by Gasteiger charge is -2.30. The highest BCUT2D eigenvalue weighted by molar-refractivity contribution is 8.00. The van der Waals surface area contributed by atoms with Gasteiger partial charge in [0, 0.05) is 76.4 Å². The number of carbonyl (C=O) groups is 8. The molecule has 0 aromatic heterocycles. The van der Waals surface area contributed by atoms with Crippen LogP contribution in [0.25, 0.3) is 0 Å². The normalized spacial score (nSPS) is 19.0. The molecule has 1 heterocycles. The van der Waals surface area contributed by atoms with Gasteiger partial charge in [-0.1, -0.05) is 6.92 Å². The molecule has 2 fully saturated rings. The van der Waals surface area contributed by atoms with E-state index in [-0.39, 0.29) is 111 Å². The third kappa shape index (κ3) is 21.0. The van der Waals surface area contributed by atoms with Crippen molar-refractivity contribution in [2.45, 2.75) is 138 Å². The number of hydrogen-bond donors (Lipinski definition) is 10. The van der Waals surface area contributed by atoms with Crippen LogP contribution in [-0.4, -0.2) is 151 Å². The first-order chi connectivity index (χ1) is 31.0. The number of imide groups is 1. The summed E-state index contributed by atoms with van der Waals surface area (Å²) in [7, 11) is -11.1. The zero-order chi connectivity index (χ0) is 49.5. The summed E-state index contributed by atoms with van der Waals surface area (Å²) >= 11 is 1.11. The highest BCUT2D eigenvalue weighted by atomic mass is 32.2. The van der Waals surface area contributed by atoms with Gasteiger partial charge in [0.2, 0.25) is 35.4 Å². The van der Waals surface area contributed by atoms with E-state index in [4.69, 9.17) is 20.9 Å². The Hall–Kier alpha value is -3.15. The SMILES string of the molecule is CCC(=O)NCCOCCOCCCC(=O)CCC(=O)N[C@@H](CCCCNC(=O)[C@H](N)CSC1CC(=O)N(CC2CCC(C(=O)CCCCC(O)(P(=O)(O)O)P(=O)(O)O)CC2)C1=O)C(N)=O. The van der Waals surface area contributed by atoms with Crippen LogP contribution in [0.15, 0.2) is 0 Å². The van der Waals surface area contributed by atoms with Crippen LogP contribution in [0.5, 0.6) is 0 Å². The van der Waals surface area contributed by atoms with Gasteiger partial charge in [0.25, 0.3) is 5.08 Å². The van der Waals surface area contributed by atoms with Crippen LogP contribution in [0.1, 0.15) is 116 Å². The summed E-state index contributed by atoms with van der Waals surface area (Å²) in [5, 5.41) is 13.7. The number of unbranched alkanes of at least 4 members (excludes halogenated alkanes) is 2. The Morgan fingerprint density at radius 3 is 2.09 bits per heavy atom. The van der Waals surface area contributed by atoms with E-state index >= 15 is 0 Å². The topological polar surface area (TPSA) is 382 Å². The third-order valence-electron chi connectivity index (χ3n) is 11.4. The molecular weight excluding hydrogens is 930 g/mol. The predicted molar refractivity (Wildman–Crippen MR) is 240 cm³/mol. The van der Waals surface area contributed by atoms with Crippen LogP contribution in [0, 0.1) is 11.8 Å². The Kier molecular flexibility index (Phi) is 26.5. The van der Waals surface area contributed by atoms with Crippen molar-refractivity contribution in [3.63, 3.8) is 0 Å². The van der Waals surface area contributed by atoms with Crippen LogP contribution in [0.3, 0.4) is 0 Å². The first-order valence-corrected chi connectivity index (χ1v) is 26.7. The summed E-state index contributed by atoms with van der Waals surface area (Å²) in [6.07, 6.45) is 3.08. The maximum Gasteiger partial charge on any atom is 0.369 e. The molecule has 2 rings (SSSR count). The van der Waals surface area contributed by atoms with Gasteiger partial charge in [-0.15, -0.1) is 11.8 Å². The number of rotatable bonds is 35. The number of thioether (sulfide) groups is 1. The average molecular weight is 1000 g/mol. The van der Waals surface area contributed by atoms with E-state index < -0.39 is 61.8 Å². The number of aliphatic hydroxyl groups is 1. The van der Waals surface area contributed by atoms with Gasteiger partial charge in [-0.2, -0.15) is 0 Å². The molecular formula is C40H70N6O17P2S. The molecule has 0 aromatic rings. The largest absolute Gasteiger partial charge is 0.379 e. The van der Waals surface area contributed by atoms with Crippen molar-refractivity contribution in [1.82, 2.24) is 20.9 Å². The number of amides is 6. The number of hydrogen-bond acceptors (Lipinski definition) is 15. The van der Waals surface area contributed by atoms with E-state index in [0.717, 1.165) is 11.8 Å². The molecule has 1 saturated carbocycles. The van der Waals surface area contributed by atoms with Gasteiger partial charge < -0.3 is 61.6 Å². The second-order valence-corrected chi connectivity index (χ2v) is 21.9. The zero-order valence-corrected chi connectivity index (χ0v) is 40.2. The fourth-order valence-electron chi connectivity index (χ4n) is 7.35.